The molecule has 4 rings (SSSR count). The number of amides is 1. The van der Waals surface area contributed by atoms with Crippen LogP contribution in [0.2, 0.25) is 5.02 Å². The maximum atomic E-state index is 13.3. The molecule has 0 aliphatic carbocycles. The second-order valence-corrected chi connectivity index (χ2v) is 7.78. The zero-order valence-electron chi connectivity index (χ0n) is 16.1. The average molecular weight is 412 g/mol. The van der Waals surface area contributed by atoms with E-state index < -0.39 is 5.82 Å². The maximum Gasteiger partial charge on any atom is 0.238 e. The summed E-state index contributed by atoms with van der Waals surface area (Å²) in [7, 11) is 0. The van der Waals surface area contributed by atoms with Gasteiger partial charge in [0.15, 0.2) is 0 Å². The number of halogens is 2. The predicted molar refractivity (Wildman–Crippen MR) is 116 cm³/mol. The molecule has 0 atom stereocenters. The van der Waals surface area contributed by atoms with Gasteiger partial charge in [-0.2, -0.15) is 0 Å². The lowest BCUT2D eigenvalue weighted by atomic mass is 10.1. The molecule has 1 aliphatic heterocycles. The van der Waals surface area contributed by atoms with Gasteiger partial charge < -0.3 is 5.32 Å². The van der Waals surface area contributed by atoms with Gasteiger partial charge in [-0.05, 0) is 29.1 Å². The molecule has 1 saturated heterocycles. The third-order valence-electron chi connectivity index (χ3n) is 5.29. The van der Waals surface area contributed by atoms with Gasteiger partial charge in [0.05, 0.1) is 11.6 Å². The Hall–Kier alpha value is -2.47. The average Bonchev–Trinajstić information content (AvgIpc) is 2.72. The molecular formula is C23H23ClFN3O. The quantitative estimate of drug-likeness (QED) is 0.676. The molecule has 0 saturated carbocycles. The monoisotopic (exact) mass is 411 g/mol. The van der Waals surface area contributed by atoms with Crippen molar-refractivity contribution >= 4 is 34.0 Å². The Kier molecular flexibility index (Phi) is 6.09. The number of rotatable bonds is 5. The third kappa shape index (κ3) is 4.93. The SMILES string of the molecule is O=C(CN1CCN(Cc2ccc(F)c(Cl)c2)CC1)Nc1cccc2ccccc12. The molecule has 150 valence electrons. The smallest absolute Gasteiger partial charge is 0.238 e. The lowest BCUT2D eigenvalue weighted by Crippen LogP contribution is -2.48. The van der Waals surface area contributed by atoms with Gasteiger partial charge in [-0.3, -0.25) is 14.6 Å². The number of piperazine rings is 1. The summed E-state index contributed by atoms with van der Waals surface area (Å²) in [6.45, 7) is 4.46. The standard InChI is InChI=1S/C23H23ClFN3O/c24-20-14-17(8-9-21(20)25)15-27-10-12-28(13-11-27)16-23(29)26-22-7-3-5-18-4-1-2-6-19(18)22/h1-9,14H,10-13,15-16H2,(H,26,29). The van der Waals surface area contributed by atoms with Crippen molar-refractivity contribution in [3.63, 3.8) is 0 Å². The van der Waals surface area contributed by atoms with E-state index in [1.54, 1.807) is 12.1 Å². The number of nitrogens with one attached hydrogen (secondary N) is 1. The largest absolute Gasteiger partial charge is 0.324 e. The van der Waals surface area contributed by atoms with Crippen LogP contribution in [-0.4, -0.2) is 48.4 Å². The van der Waals surface area contributed by atoms with Crippen molar-refractivity contribution in [3.05, 3.63) is 77.1 Å². The molecule has 1 heterocycles. The maximum absolute atomic E-state index is 13.3. The van der Waals surface area contributed by atoms with Gasteiger partial charge in [-0.15, -0.1) is 0 Å². The summed E-state index contributed by atoms with van der Waals surface area (Å²) in [4.78, 5) is 17.0. The molecule has 3 aromatic rings. The van der Waals surface area contributed by atoms with Crippen molar-refractivity contribution in [2.45, 2.75) is 6.54 Å². The molecule has 29 heavy (non-hydrogen) atoms. The first-order valence-corrected chi connectivity index (χ1v) is 10.1. The second-order valence-electron chi connectivity index (χ2n) is 7.38. The van der Waals surface area contributed by atoms with Crippen molar-refractivity contribution in [1.29, 1.82) is 0 Å². The van der Waals surface area contributed by atoms with Crippen LogP contribution in [0.25, 0.3) is 10.8 Å². The van der Waals surface area contributed by atoms with E-state index in [0.717, 1.165) is 54.7 Å². The van der Waals surface area contributed by atoms with Gasteiger partial charge >= 0.3 is 0 Å². The van der Waals surface area contributed by atoms with Crippen LogP contribution in [0.1, 0.15) is 5.56 Å². The molecule has 3 aromatic carbocycles. The van der Waals surface area contributed by atoms with Gasteiger partial charge in [0, 0.05) is 43.8 Å². The molecule has 6 heteroatoms. The fourth-order valence-electron chi connectivity index (χ4n) is 3.73. The van der Waals surface area contributed by atoms with Gasteiger partial charge in [0.2, 0.25) is 5.91 Å². The summed E-state index contributed by atoms with van der Waals surface area (Å²) in [5, 5.41) is 5.37. The minimum absolute atomic E-state index is 0.000111. The van der Waals surface area contributed by atoms with E-state index in [0.29, 0.717) is 6.54 Å². The highest BCUT2D eigenvalue weighted by molar-refractivity contribution is 6.30. The lowest BCUT2D eigenvalue weighted by Gasteiger charge is -2.34. The van der Waals surface area contributed by atoms with E-state index in [2.05, 4.69) is 15.1 Å². The number of hydrogen-bond donors (Lipinski definition) is 1. The molecule has 4 nitrogen and oxygen atoms in total. The number of benzene rings is 3. The highest BCUT2D eigenvalue weighted by atomic mass is 35.5. The van der Waals surface area contributed by atoms with Crippen molar-refractivity contribution in [2.24, 2.45) is 0 Å². The molecule has 1 fully saturated rings. The zero-order valence-corrected chi connectivity index (χ0v) is 16.8. The Morgan fingerprint density at radius 2 is 1.69 bits per heavy atom. The molecule has 0 spiro atoms. The molecule has 0 aromatic heterocycles. The normalized spacial score (nSPS) is 15.5. The van der Waals surface area contributed by atoms with Crippen LogP contribution in [-0.2, 0) is 11.3 Å². The summed E-state index contributed by atoms with van der Waals surface area (Å²) in [5.41, 5.74) is 1.85. The summed E-state index contributed by atoms with van der Waals surface area (Å²) >= 11 is 5.87. The highest BCUT2D eigenvalue weighted by Crippen LogP contribution is 2.23. The summed E-state index contributed by atoms with van der Waals surface area (Å²) in [6, 6.07) is 18.8. The van der Waals surface area contributed by atoms with Crippen molar-refractivity contribution in [2.75, 3.05) is 38.0 Å². The van der Waals surface area contributed by atoms with Crippen LogP contribution in [0.15, 0.2) is 60.7 Å². The first kappa shape index (κ1) is 19.8. The number of carbonyl (C=O) groups is 1. The van der Waals surface area contributed by atoms with Gasteiger partial charge in [0.1, 0.15) is 5.82 Å². The molecule has 1 amide bonds. The van der Waals surface area contributed by atoms with E-state index >= 15 is 0 Å². The fourth-order valence-corrected chi connectivity index (χ4v) is 3.93. The molecule has 0 bridgehead atoms. The van der Waals surface area contributed by atoms with Gasteiger partial charge in [-0.25, -0.2) is 4.39 Å². The summed E-state index contributed by atoms with van der Waals surface area (Å²) < 4.78 is 13.3. The Morgan fingerprint density at radius 3 is 2.48 bits per heavy atom. The lowest BCUT2D eigenvalue weighted by molar-refractivity contribution is -0.117. The molecule has 1 aliphatic rings. The summed E-state index contributed by atoms with van der Waals surface area (Å²) in [6.07, 6.45) is 0. The predicted octanol–water partition coefficient (Wildman–Crippen LogP) is 4.39. The minimum Gasteiger partial charge on any atom is -0.324 e. The van der Waals surface area contributed by atoms with E-state index in [1.807, 2.05) is 42.5 Å². The Morgan fingerprint density at radius 1 is 0.966 bits per heavy atom. The summed E-state index contributed by atoms with van der Waals surface area (Å²) in [5.74, 6) is -0.391. The third-order valence-corrected chi connectivity index (χ3v) is 5.58. The topological polar surface area (TPSA) is 35.6 Å². The van der Waals surface area contributed by atoms with Crippen LogP contribution < -0.4 is 5.32 Å². The first-order chi connectivity index (χ1) is 14.1. The number of hydrogen-bond acceptors (Lipinski definition) is 3. The van der Waals surface area contributed by atoms with Crippen LogP contribution in [0.3, 0.4) is 0 Å². The van der Waals surface area contributed by atoms with E-state index in [4.69, 9.17) is 11.6 Å². The van der Waals surface area contributed by atoms with E-state index in [9.17, 15) is 9.18 Å². The van der Waals surface area contributed by atoms with Crippen LogP contribution in [0, 0.1) is 5.82 Å². The van der Waals surface area contributed by atoms with Gasteiger partial charge in [0.25, 0.3) is 0 Å². The highest BCUT2D eigenvalue weighted by Gasteiger charge is 2.19. The van der Waals surface area contributed by atoms with Crippen molar-refractivity contribution in [1.82, 2.24) is 9.80 Å². The van der Waals surface area contributed by atoms with Gasteiger partial charge in [-0.1, -0.05) is 54.1 Å². The number of nitrogens with zero attached hydrogens (tertiary/aromatic N) is 2. The van der Waals surface area contributed by atoms with Crippen LogP contribution in [0.5, 0.6) is 0 Å². The minimum atomic E-state index is -0.391. The Balaban J connectivity index is 1.29. The number of carbonyl (C=O) groups excluding carboxylic acids is 1. The second kappa shape index (κ2) is 8.91. The van der Waals surface area contributed by atoms with E-state index in [1.165, 1.54) is 6.07 Å². The molecule has 1 N–H and O–H groups in total. The number of anilines is 1. The molecule has 0 unspecified atom stereocenters. The van der Waals surface area contributed by atoms with Crippen molar-refractivity contribution in [3.8, 4) is 0 Å². The van der Waals surface area contributed by atoms with Crippen LogP contribution in [0.4, 0.5) is 10.1 Å². The van der Waals surface area contributed by atoms with E-state index in [-0.39, 0.29) is 10.9 Å². The Bertz CT molecular complexity index is 1010. The van der Waals surface area contributed by atoms with Crippen molar-refractivity contribution < 1.29 is 9.18 Å². The Labute approximate surface area is 174 Å². The zero-order chi connectivity index (χ0) is 20.2. The molecular weight excluding hydrogens is 389 g/mol. The first-order valence-electron chi connectivity index (χ1n) is 9.75. The molecule has 0 radical (unpaired) electrons. The van der Waals surface area contributed by atoms with Crippen LogP contribution >= 0.6 is 11.6 Å². The number of fused-ring (bicyclic) bond motifs is 1. The fraction of sp³-hybridized carbons (Fsp3) is 0.261.